The van der Waals surface area contributed by atoms with E-state index < -0.39 is 0 Å². The molecule has 0 spiro atoms. The molecule has 0 heterocycles. The SMILES string of the molecule is NCC(=Cc1ccc(O)cc1)CN. The Kier molecular flexibility index (Phi) is 3.49. The van der Waals surface area contributed by atoms with Crippen molar-refractivity contribution in [1.82, 2.24) is 0 Å². The molecule has 0 aliphatic carbocycles. The van der Waals surface area contributed by atoms with Crippen LogP contribution in [0.4, 0.5) is 0 Å². The van der Waals surface area contributed by atoms with E-state index in [4.69, 9.17) is 16.6 Å². The maximum Gasteiger partial charge on any atom is 0.115 e. The van der Waals surface area contributed by atoms with Crippen LogP contribution in [0.2, 0.25) is 0 Å². The Morgan fingerprint density at radius 1 is 1.15 bits per heavy atom. The molecule has 3 heteroatoms. The first-order valence-corrected chi connectivity index (χ1v) is 4.15. The fraction of sp³-hybridized carbons (Fsp3) is 0.200. The second-order valence-electron chi connectivity index (χ2n) is 2.80. The van der Waals surface area contributed by atoms with Crippen molar-refractivity contribution >= 4 is 6.08 Å². The van der Waals surface area contributed by atoms with Gasteiger partial charge in [0.1, 0.15) is 5.75 Å². The fourth-order valence-electron chi connectivity index (χ4n) is 1.01. The Morgan fingerprint density at radius 2 is 1.69 bits per heavy atom. The van der Waals surface area contributed by atoms with E-state index in [1.165, 1.54) is 0 Å². The van der Waals surface area contributed by atoms with Gasteiger partial charge in [0.25, 0.3) is 0 Å². The number of phenols is 1. The van der Waals surface area contributed by atoms with Gasteiger partial charge < -0.3 is 16.6 Å². The smallest absolute Gasteiger partial charge is 0.115 e. The fourth-order valence-corrected chi connectivity index (χ4v) is 1.01. The third kappa shape index (κ3) is 2.89. The molecule has 0 bridgehead atoms. The number of benzene rings is 1. The van der Waals surface area contributed by atoms with Gasteiger partial charge in [0.2, 0.25) is 0 Å². The highest BCUT2D eigenvalue weighted by Gasteiger charge is 1.92. The summed E-state index contributed by atoms with van der Waals surface area (Å²) in [4.78, 5) is 0. The van der Waals surface area contributed by atoms with E-state index in [-0.39, 0.29) is 5.75 Å². The minimum Gasteiger partial charge on any atom is -0.508 e. The molecule has 0 saturated carbocycles. The molecule has 1 aromatic rings. The predicted molar refractivity (Wildman–Crippen MR) is 54.2 cm³/mol. The van der Waals surface area contributed by atoms with Gasteiger partial charge in [0.05, 0.1) is 0 Å². The topological polar surface area (TPSA) is 72.3 Å². The van der Waals surface area contributed by atoms with Crippen LogP contribution < -0.4 is 11.5 Å². The Balaban J connectivity index is 2.84. The van der Waals surface area contributed by atoms with Gasteiger partial charge in [-0.2, -0.15) is 0 Å². The summed E-state index contributed by atoms with van der Waals surface area (Å²) < 4.78 is 0. The zero-order valence-corrected chi connectivity index (χ0v) is 7.40. The zero-order valence-electron chi connectivity index (χ0n) is 7.40. The molecule has 0 saturated heterocycles. The lowest BCUT2D eigenvalue weighted by molar-refractivity contribution is 0.475. The molecule has 0 fully saturated rings. The van der Waals surface area contributed by atoms with Crippen LogP contribution in [0.1, 0.15) is 5.56 Å². The van der Waals surface area contributed by atoms with Crippen LogP contribution in [0.25, 0.3) is 6.08 Å². The van der Waals surface area contributed by atoms with Crippen LogP contribution in [0.5, 0.6) is 5.75 Å². The summed E-state index contributed by atoms with van der Waals surface area (Å²) in [6, 6.07) is 6.91. The van der Waals surface area contributed by atoms with E-state index in [0.717, 1.165) is 11.1 Å². The summed E-state index contributed by atoms with van der Waals surface area (Å²) >= 11 is 0. The average molecular weight is 178 g/mol. The molecule has 1 aromatic carbocycles. The third-order valence-corrected chi connectivity index (χ3v) is 1.79. The molecular weight excluding hydrogens is 164 g/mol. The summed E-state index contributed by atoms with van der Waals surface area (Å²) in [5, 5.41) is 9.04. The molecule has 0 amide bonds. The Morgan fingerprint density at radius 3 is 2.15 bits per heavy atom. The molecular formula is C10H14N2O. The van der Waals surface area contributed by atoms with Crippen molar-refractivity contribution < 1.29 is 5.11 Å². The molecule has 0 radical (unpaired) electrons. The summed E-state index contributed by atoms with van der Waals surface area (Å²) in [7, 11) is 0. The van der Waals surface area contributed by atoms with Gasteiger partial charge in [-0.15, -0.1) is 0 Å². The summed E-state index contributed by atoms with van der Waals surface area (Å²) in [5.41, 5.74) is 12.9. The van der Waals surface area contributed by atoms with E-state index in [1.54, 1.807) is 12.1 Å². The second-order valence-corrected chi connectivity index (χ2v) is 2.80. The van der Waals surface area contributed by atoms with Gasteiger partial charge in [0.15, 0.2) is 0 Å². The van der Waals surface area contributed by atoms with Crippen molar-refractivity contribution in [3.8, 4) is 5.75 Å². The van der Waals surface area contributed by atoms with Crippen molar-refractivity contribution in [3.63, 3.8) is 0 Å². The molecule has 70 valence electrons. The number of hydrogen-bond donors (Lipinski definition) is 3. The molecule has 1 rings (SSSR count). The Bertz CT molecular complexity index is 284. The van der Waals surface area contributed by atoms with Crippen LogP contribution in [0.3, 0.4) is 0 Å². The lowest BCUT2D eigenvalue weighted by Gasteiger charge is -2.00. The highest BCUT2D eigenvalue weighted by Crippen LogP contribution is 2.11. The standard InChI is InChI=1S/C10H14N2O/c11-6-9(7-12)5-8-1-3-10(13)4-2-8/h1-5,13H,6-7,11-12H2. The number of aromatic hydroxyl groups is 1. The molecule has 3 nitrogen and oxygen atoms in total. The maximum absolute atomic E-state index is 9.04. The van der Waals surface area contributed by atoms with Crippen molar-refractivity contribution in [2.24, 2.45) is 11.5 Å². The van der Waals surface area contributed by atoms with Gasteiger partial charge in [-0.3, -0.25) is 0 Å². The molecule has 13 heavy (non-hydrogen) atoms. The van der Waals surface area contributed by atoms with Gasteiger partial charge in [-0.05, 0) is 23.3 Å². The van der Waals surface area contributed by atoms with E-state index in [0.29, 0.717) is 13.1 Å². The van der Waals surface area contributed by atoms with Gasteiger partial charge in [-0.25, -0.2) is 0 Å². The number of rotatable bonds is 3. The van der Waals surface area contributed by atoms with Crippen molar-refractivity contribution in [1.29, 1.82) is 0 Å². The number of phenolic OH excluding ortho intramolecular Hbond substituents is 1. The summed E-state index contributed by atoms with van der Waals surface area (Å²) in [6.07, 6.45) is 1.93. The largest absolute Gasteiger partial charge is 0.508 e. The molecule has 0 aliphatic heterocycles. The predicted octanol–water partition coefficient (Wildman–Crippen LogP) is 0.693. The minimum absolute atomic E-state index is 0.263. The first-order valence-electron chi connectivity index (χ1n) is 4.15. The first kappa shape index (κ1) is 9.77. The quantitative estimate of drug-likeness (QED) is 0.637. The van der Waals surface area contributed by atoms with E-state index in [2.05, 4.69) is 0 Å². The van der Waals surface area contributed by atoms with Crippen LogP contribution in [0.15, 0.2) is 29.8 Å². The van der Waals surface area contributed by atoms with Gasteiger partial charge in [0, 0.05) is 13.1 Å². The summed E-state index contributed by atoms with van der Waals surface area (Å²) in [5.74, 6) is 0.263. The molecule has 0 unspecified atom stereocenters. The van der Waals surface area contributed by atoms with E-state index >= 15 is 0 Å². The lowest BCUT2D eigenvalue weighted by atomic mass is 10.1. The van der Waals surface area contributed by atoms with Gasteiger partial charge in [-0.1, -0.05) is 18.2 Å². The second kappa shape index (κ2) is 4.64. The van der Waals surface area contributed by atoms with E-state index in [9.17, 15) is 0 Å². The highest BCUT2D eigenvalue weighted by atomic mass is 16.3. The molecule has 0 aromatic heterocycles. The van der Waals surface area contributed by atoms with Crippen molar-refractivity contribution in [3.05, 3.63) is 35.4 Å². The Labute approximate surface area is 77.7 Å². The maximum atomic E-state index is 9.04. The minimum atomic E-state index is 0.263. The number of hydrogen-bond acceptors (Lipinski definition) is 3. The van der Waals surface area contributed by atoms with Crippen molar-refractivity contribution in [2.45, 2.75) is 0 Å². The van der Waals surface area contributed by atoms with Gasteiger partial charge >= 0.3 is 0 Å². The normalized spacial score (nSPS) is 9.69. The first-order chi connectivity index (χ1) is 6.26. The number of nitrogens with two attached hydrogens (primary N) is 2. The molecule has 0 atom stereocenters. The summed E-state index contributed by atoms with van der Waals surface area (Å²) in [6.45, 7) is 0.939. The van der Waals surface area contributed by atoms with Crippen LogP contribution in [0, 0.1) is 0 Å². The van der Waals surface area contributed by atoms with Crippen LogP contribution in [-0.4, -0.2) is 18.2 Å². The zero-order chi connectivity index (χ0) is 9.68. The monoisotopic (exact) mass is 178 g/mol. The Hall–Kier alpha value is -1.32. The van der Waals surface area contributed by atoms with E-state index in [1.807, 2.05) is 18.2 Å². The highest BCUT2D eigenvalue weighted by molar-refractivity contribution is 5.54. The van der Waals surface area contributed by atoms with Crippen LogP contribution in [-0.2, 0) is 0 Å². The van der Waals surface area contributed by atoms with Crippen LogP contribution >= 0.6 is 0 Å². The van der Waals surface area contributed by atoms with Crippen molar-refractivity contribution in [2.75, 3.05) is 13.1 Å². The molecule has 5 N–H and O–H groups in total. The average Bonchev–Trinajstić information content (AvgIpc) is 2.17. The molecule has 0 aliphatic rings. The third-order valence-electron chi connectivity index (χ3n) is 1.79. The lowest BCUT2D eigenvalue weighted by Crippen LogP contribution is -2.12.